The van der Waals surface area contributed by atoms with Crippen LogP contribution in [0.15, 0.2) is 12.4 Å². The van der Waals surface area contributed by atoms with E-state index in [0.29, 0.717) is 25.6 Å². The molecule has 0 amide bonds. The molecule has 0 fully saturated rings. The molecule has 78 valence electrons. The van der Waals surface area contributed by atoms with Crippen LogP contribution in [-0.2, 0) is 11.3 Å². The third-order valence-corrected chi connectivity index (χ3v) is 1.58. The third-order valence-electron chi connectivity index (χ3n) is 1.58. The van der Waals surface area contributed by atoms with Crippen LogP contribution in [0.25, 0.3) is 0 Å². The van der Waals surface area contributed by atoms with E-state index in [2.05, 4.69) is 15.3 Å². The molecule has 0 saturated heterocycles. The summed E-state index contributed by atoms with van der Waals surface area (Å²) in [6, 6.07) is 0. The van der Waals surface area contributed by atoms with Crippen LogP contribution in [0.3, 0.4) is 0 Å². The standard InChI is InChI=1S/C9H15N3O2/c1-10-5-8-6-12-9(7-11-8)14-4-3-13-2/h6-7,10H,3-5H2,1-2H3. The zero-order valence-corrected chi connectivity index (χ0v) is 8.49. The fourth-order valence-corrected chi connectivity index (χ4v) is 0.919. The summed E-state index contributed by atoms with van der Waals surface area (Å²) in [5, 5.41) is 2.99. The molecule has 0 bridgehead atoms. The molecule has 0 unspecified atom stereocenters. The van der Waals surface area contributed by atoms with Gasteiger partial charge in [-0.25, -0.2) is 4.98 Å². The number of ether oxygens (including phenoxy) is 2. The Bertz CT molecular complexity index is 251. The molecular weight excluding hydrogens is 182 g/mol. The van der Waals surface area contributed by atoms with Crippen molar-refractivity contribution < 1.29 is 9.47 Å². The molecule has 0 aliphatic heterocycles. The van der Waals surface area contributed by atoms with E-state index in [1.54, 1.807) is 19.5 Å². The Labute approximate surface area is 83.5 Å². The Morgan fingerprint density at radius 2 is 2.14 bits per heavy atom. The van der Waals surface area contributed by atoms with Gasteiger partial charge in [0.15, 0.2) is 0 Å². The normalized spacial score (nSPS) is 10.1. The highest BCUT2D eigenvalue weighted by Crippen LogP contribution is 2.03. The summed E-state index contributed by atoms with van der Waals surface area (Å²) < 4.78 is 10.1. The zero-order valence-electron chi connectivity index (χ0n) is 8.49. The van der Waals surface area contributed by atoms with Gasteiger partial charge in [-0.05, 0) is 7.05 Å². The highest BCUT2D eigenvalue weighted by atomic mass is 16.5. The van der Waals surface area contributed by atoms with Gasteiger partial charge in [-0.3, -0.25) is 4.98 Å². The van der Waals surface area contributed by atoms with Crippen LogP contribution < -0.4 is 10.1 Å². The molecule has 5 nitrogen and oxygen atoms in total. The lowest BCUT2D eigenvalue weighted by molar-refractivity contribution is 0.143. The minimum Gasteiger partial charge on any atom is -0.474 e. The summed E-state index contributed by atoms with van der Waals surface area (Å²) in [4.78, 5) is 8.25. The van der Waals surface area contributed by atoms with E-state index < -0.39 is 0 Å². The summed E-state index contributed by atoms with van der Waals surface area (Å²) in [5.41, 5.74) is 0.895. The highest BCUT2D eigenvalue weighted by Gasteiger charge is 1.96. The topological polar surface area (TPSA) is 56.3 Å². The van der Waals surface area contributed by atoms with Gasteiger partial charge in [-0.2, -0.15) is 0 Å². The van der Waals surface area contributed by atoms with E-state index >= 15 is 0 Å². The maximum atomic E-state index is 5.26. The summed E-state index contributed by atoms with van der Waals surface area (Å²) >= 11 is 0. The first-order chi connectivity index (χ1) is 6.86. The number of methoxy groups -OCH3 is 1. The molecule has 0 saturated carbocycles. The second kappa shape index (κ2) is 6.28. The molecule has 1 rings (SSSR count). The lowest BCUT2D eigenvalue weighted by Gasteiger charge is -2.04. The molecule has 1 aromatic rings. The van der Waals surface area contributed by atoms with Gasteiger partial charge in [0.25, 0.3) is 0 Å². The average Bonchev–Trinajstić information content (AvgIpc) is 2.21. The summed E-state index contributed by atoms with van der Waals surface area (Å²) in [7, 11) is 3.50. The van der Waals surface area contributed by atoms with E-state index in [0.717, 1.165) is 5.69 Å². The summed E-state index contributed by atoms with van der Waals surface area (Å²) in [6.45, 7) is 1.77. The van der Waals surface area contributed by atoms with Gasteiger partial charge in [0.05, 0.1) is 24.7 Å². The van der Waals surface area contributed by atoms with E-state index in [1.165, 1.54) is 0 Å². The molecule has 0 radical (unpaired) electrons. The summed E-state index contributed by atoms with van der Waals surface area (Å²) in [5.74, 6) is 0.530. The zero-order chi connectivity index (χ0) is 10.2. The van der Waals surface area contributed by atoms with E-state index in [-0.39, 0.29) is 0 Å². The van der Waals surface area contributed by atoms with Crippen LogP contribution in [0.1, 0.15) is 5.69 Å². The average molecular weight is 197 g/mol. The van der Waals surface area contributed by atoms with E-state index in [1.807, 2.05) is 7.05 Å². The second-order valence-electron chi connectivity index (χ2n) is 2.72. The van der Waals surface area contributed by atoms with Crippen molar-refractivity contribution in [1.82, 2.24) is 15.3 Å². The molecule has 0 spiro atoms. The third kappa shape index (κ3) is 3.68. The van der Waals surface area contributed by atoms with Crippen molar-refractivity contribution in [3.8, 4) is 5.88 Å². The smallest absolute Gasteiger partial charge is 0.232 e. The predicted octanol–water partition coefficient (Wildman–Crippen LogP) is 0.221. The first-order valence-corrected chi connectivity index (χ1v) is 4.44. The van der Waals surface area contributed by atoms with Crippen molar-refractivity contribution in [2.45, 2.75) is 6.54 Å². The van der Waals surface area contributed by atoms with Gasteiger partial charge in [0.2, 0.25) is 5.88 Å². The largest absolute Gasteiger partial charge is 0.474 e. The molecule has 0 aliphatic carbocycles. The Hall–Kier alpha value is -1.20. The first-order valence-electron chi connectivity index (χ1n) is 4.44. The number of hydrogen-bond donors (Lipinski definition) is 1. The van der Waals surface area contributed by atoms with Crippen LogP contribution in [0, 0.1) is 0 Å². The highest BCUT2D eigenvalue weighted by molar-refractivity contribution is 5.06. The Balaban J connectivity index is 2.38. The van der Waals surface area contributed by atoms with Crippen molar-refractivity contribution in [1.29, 1.82) is 0 Å². The summed E-state index contributed by atoms with van der Waals surface area (Å²) in [6.07, 6.45) is 3.31. The molecule has 1 heterocycles. The fourth-order valence-electron chi connectivity index (χ4n) is 0.919. The number of rotatable bonds is 6. The Morgan fingerprint density at radius 3 is 2.71 bits per heavy atom. The molecule has 1 aromatic heterocycles. The minimum absolute atomic E-state index is 0.497. The van der Waals surface area contributed by atoms with Gasteiger partial charge in [-0.15, -0.1) is 0 Å². The molecule has 0 aliphatic rings. The number of hydrogen-bond acceptors (Lipinski definition) is 5. The van der Waals surface area contributed by atoms with Crippen LogP contribution in [0.4, 0.5) is 0 Å². The number of aromatic nitrogens is 2. The Morgan fingerprint density at radius 1 is 1.29 bits per heavy atom. The van der Waals surface area contributed by atoms with Gasteiger partial charge in [-0.1, -0.05) is 0 Å². The minimum atomic E-state index is 0.497. The van der Waals surface area contributed by atoms with Gasteiger partial charge in [0.1, 0.15) is 6.61 Å². The van der Waals surface area contributed by atoms with Crippen molar-refractivity contribution in [3.05, 3.63) is 18.1 Å². The molecule has 14 heavy (non-hydrogen) atoms. The van der Waals surface area contributed by atoms with E-state index in [4.69, 9.17) is 9.47 Å². The maximum absolute atomic E-state index is 5.26. The molecular formula is C9H15N3O2. The molecule has 0 atom stereocenters. The number of nitrogens with one attached hydrogen (secondary N) is 1. The van der Waals surface area contributed by atoms with Gasteiger partial charge in [0, 0.05) is 13.7 Å². The van der Waals surface area contributed by atoms with Crippen molar-refractivity contribution in [2.75, 3.05) is 27.4 Å². The first kappa shape index (κ1) is 10.9. The lowest BCUT2D eigenvalue weighted by atomic mass is 10.4. The molecule has 5 heteroatoms. The van der Waals surface area contributed by atoms with Crippen molar-refractivity contribution in [2.24, 2.45) is 0 Å². The van der Waals surface area contributed by atoms with Crippen molar-refractivity contribution >= 4 is 0 Å². The quantitative estimate of drug-likeness (QED) is 0.661. The monoisotopic (exact) mass is 197 g/mol. The molecule has 1 N–H and O–H groups in total. The van der Waals surface area contributed by atoms with Crippen molar-refractivity contribution in [3.63, 3.8) is 0 Å². The predicted molar refractivity (Wildman–Crippen MR) is 52.2 cm³/mol. The van der Waals surface area contributed by atoms with Crippen LogP contribution in [0.5, 0.6) is 5.88 Å². The van der Waals surface area contributed by atoms with Crippen LogP contribution >= 0.6 is 0 Å². The SMILES string of the molecule is CNCc1cnc(OCCOC)cn1. The Kier molecular flexibility index (Phi) is 4.88. The second-order valence-corrected chi connectivity index (χ2v) is 2.72. The van der Waals surface area contributed by atoms with Gasteiger partial charge < -0.3 is 14.8 Å². The fraction of sp³-hybridized carbons (Fsp3) is 0.556. The van der Waals surface area contributed by atoms with E-state index in [9.17, 15) is 0 Å². The van der Waals surface area contributed by atoms with Gasteiger partial charge >= 0.3 is 0 Å². The number of nitrogens with zero attached hydrogens (tertiary/aromatic N) is 2. The maximum Gasteiger partial charge on any atom is 0.232 e. The lowest BCUT2D eigenvalue weighted by Crippen LogP contribution is -2.09. The molecule has 0 aromatic carbocycles. The van der Waals surface area contributed by atoms with Crippen LogP contribution in [-0.4, -0.2) is 37.3 Å². The van der Waals surface area contributed by atoms with Crippen LogP contribution in [0.2, 0.25) is 0 Å².